The molecule has 1 N–H and O–H groups in total. The van der Waals surface area contributed by atoms with Gasteiger partial charge in [0.1, 0.15) is 6.61 Å². The van der Waals surface area contributed by atoms with E-state index in [9.17, 15) is 4.79 Å². The van der Waals surface area contributed by atoms with Gasteiger partial charge in [-0.2, -0.15) is 0 Å². The number of fused-ring (bicyclic) bond motifs is 4. The number of rotatable bonds is 5. The van der Waals surface area contributed by atoms with E-state index >= 15 is 0 Å². The summed E-state index contributed by atoms with van der Waals surface area (Å²) in [5.74, 6) is 0.0570. The van der Waals surface area contributed by atoms with Gasteiger partial charge in [0, 0.05) is 22.9 Å². The molecule has 0 unspecified atom stereocenters. The lowest BCUT2D eigenvalue weighted by molar-refractivity contribution is 0.144. The van der Waals surface area contributed by atoms with Gasteiger partial charge in [-0.25, -0.2) is 4.79 Å². The lowest BCUT2D eigenvalue weighted by Gasteiger charge is -2.14. The molecule has 0 spiro atoms. The molecule has 0 heterocycles. The van der Waals surface area contributed by atoms with Crippen LogP contribution in [0.5, 0.6) is 0 Å². The molecule has 5 rings (SSSR count). The van der Waals surface area contributed by atoms with Crippen LogP contribution in [0.4, 0.5) is 4.79 Å². The van der Waals surface area contributed by atoms with E-state index in [1.165, 1.54) is 22.3 Å². The Morgan fingerprint density at radius 2 is 1.53 bits per heavy atom. The second-order valence-corrected chi connectivity index (χ2v) is 8.20. The van der Waals surface area contributed by atoms with Gasteiger partial charge in [0.25, 0.3) is 0 Å². The monoisotopic (exact) mass is 439 g/mol. The average molecular weight is 440 g/mol. The summed E-state index contributed by atoms with van der Waals surface area (Å²) in [6.07, 6.45) is 3.45. The topological polar surface area (TPSA) is 38.3 Å². The van der Waals surface area contributed by atoms with Crippen molar-refractivity contribution in [3.8, 4) is 11.1 Å². The third-order valence-corrected chi connectivity index (χ3v) is 6.21. The number of carbonyl (C=O) groups excluding carboxylic acids is 1. The maximum absolute atomic E-state index is 12.3. The average Bonchev–Trinajstić information content (AvgIpc) is 3.14. The van der Waals surface area contributed by atoms with Crippen LogP contribution in [0.3, 0.4) is 0 Å². The second kappa shape index (κ2) is 8.89. The van der Waals surface area contributed by atoms with Gasteiger partial charge in [0.2, 0.25) is 0 Å². The van der Waals surface area contributed by atoms with Crippen LogP contribution in [0.25, 0.3) is 28.0 Å². The molecule has 0 radical (unpaired) electrons. The lowest BCUT2D eigenvalue weighted by atomic mass is 9.98. The molecule has 0 fully saturated rings. The summed E-state index contributed by atoms with van der Waals surface area (Å²) < 4.78 is 5.58. The van der Waals surface area contributed by atoms with Gasteiger partial charge in [-0.05, 0) is 39.3 Å². The summed E-state index contributed by atoms with van der Waals surface area (Å²) in [7, 11) is 0. The van der Waals surface area contributed by atoms with Gasteiger partial charge in [0.05, 0.1) is 0 Å². The fourth-order valence-corrected chi connectivity index (χ4v) is 4.73. The fourth-order valence-electron chi connectivity index (χ4n) is 4.44. The maximum Gasteiger partial charge on any atom is 0.407 e. The van der Waals surface area contributed by atoms with Crippen molar-refractivity contribution in [3.63, 3.8) is 0 Å². The van der Waals surface area contributed by atoms with E-state index in [1.54, 1.807) is 0 Å². The Hall–Kier alpha value is -3.56. The molecule has 1 amide bonds. The summed E-state index contributed by atoms with van der Waals surface area (Å²) in [5, 5.41) is 5.62. The molecule has 0 bridgehead atoms. The first-order valence-electron chi connectivity index (χ1n) is 10.6. The highest BCUT2D eigenvalue weighted by Crippen LogP contribution is 2.44. The predicted octanol–water partition coefficient (Wildman–Crippen LogP) is 7.05. The Morgan fingerprint density at radius 1 is 0.875 bits per heavy atom. The Labute approximate surface area is 192 Å². The maximum atomic E-state index is 12.3. The van der Waals surface area contributed by atoms with Gasteiger partial charge in [-0.3, -0.25) is 0 Å². The second-order valence-electron chi connectivity index (χ2n) is 7.79. The van der Waals surface area contributed by atoms with Crippen molar-refractivity contribution in [2.75, 3.05) is 13.2 Å². The summed E-state index contributed by atoms with van der Waals surface area (Å²) in [6.45, 7) is 0.681. The zero-order valence-corrected chi connectivity index (χ0v) is 18.2. The molecule has 0 aromatic heterocycles. The molecule has 4 aromatic rings. The summed E-state index contributed by atoms with van der Waals surface area (Å²) in [6, 6.07) is 28.5. The number of hydrogen-bond acceptors (Lipinski definition) is 2. The van der Waals surface area contributed by atoms with Crippen molar-refractivity contribution < 1.29 is 9.53 Å². The fraction of sp³-hybridized carbons (Fsp3) is 0.107. The molecule has 1 aliphatic carbocycles. The largest absolute Gasteiger partial charge is 0.449 e. The highest BCUT2D eigenvalue weighted by Gasteiger charge is 2.28. The third-order valence-electron chi connectivity index (χ3n) is 5.89. The van der Waals surface area contributed by atoms with Gasteiger partial charge in [0.15, 0.2) is 0 Å². The molecule has 32 heavy (non-hydrogen) atoms. The first kappa shape index (κ1) is 20.3. The van der Waals surface area contributed by atoms with Crippen molar-refractivity contribution in [1.29, 1.82) is 0 Å². The Bertz CT molecular complexity index is 1280. The molecule has 158 valence electrons. The zero-order valence-electron chi connectivity index (χ0n) is 17.4. The van der Waals surface area contributed by atoms with Crippen LogP contribution < -0.4 is 5.32 Å². The van der Waals surface area contributed by atoms with Crippen LogP contribution in [-0.4, -0.2) is 19.2 Å². The van der Waals surface area contributed by atoms with Crippen LogP contribution in [0.2, 0.25) is 5.02 Å². The predicted molar refractivity (Wildman–Crippen MR) is 131 cm³/mol. The number of benzene rings is 4. The van der Waals surface area contributed by atoms with Crippen molar-refractivity contribution in [3.05, 3.63) is 113 Å². The zero-order chi connectivity index (χ0) is 21.9. The molecule has 1 aliphatic rings. The normalized spacial score (nSPS) is 12.7. The van der Waals surface area contributed by atoms with E-state index in [2.05, 4.69) is 29.6 Å². The van der Waals surface area contributed by atoms with Crippen molar-refractivity contribution in [1.82, 2.24) is 5.32 Å². The molecule has 0 aliphatic heterocycles. The smallest absolute Gasteiger partial charge is 0.407 e. The minimum Gasteiger partial charge on any atom is -0.449 e. The van der Waals surface area contributed by atoms with Gasteiger partial charge >= 0.3 is 6.09 Å². The van der Waals surface area contributed by atoms with Crippen LogP contribution in [0.15, 0.2) is 91.0 Å². The Kier molecular flexibility index (Phi) is 5.66. The van der Waals surface area contributed by atoms with Gasteiger partial charge < -0.3 is 10.1 Å². The number of carbonyl (C=O) groups is 1. The number of halogens is 1. The summed E-state index contributed by atoms with van der Waals surface area (Å²) in [4.78, 5) is 12.3. The molecular formula is C28H22ClNO2. The molecule has 0 atom stereocenters. The highest BCUT2D eigenvalue weighted by atomic mass is 35.5. The van der Waals surface area contributed by atoms with Crippen molar-refractivity contribution in [2.45, 2.75) is 5.92 Å². The number of nitrogens with one attached hydrogen (secondary N) is 1. The standard InChI is InChI=1S/C28H22ClNO2/c29-26-16-6-10-19-8-5-9-20(27(19)26)11-7-17-30-28(31)32-18-25-23-14-3-1-12-21(23)22-13-2-4-15-24(22)25/h1-16,25H,17-18H2,(H,30,31). The lowest BCUT2D eigenvalue weighted by Crippen LogP contribution is -2.26. The minimum absolute atomic E-state index is 0.0570. The van der Waals surface area contributed by atoms with E-state index in [0.29, 0.717) is 18.2 Å². The number of amides is 1. The van der Waals surface area contributed by atoms with E-state index in [4.69, 9.17) is 16.3 Å². The number of ether oxygens (including phenoxy) is 1. The van der Waals surface area contributed by atoms with E-state index in [0.717, 1.165) is 16.3 Å². The number of hydrogen-bond donors (Lipinski definition) is 1. The summed E-state index contributed by atoms with van der Waals surface area (Å²) >= 11 is 6.38. The minimum atomic E-state index is -0.424. The third kappa shape index (κ3) is 3.88. The van der Waals surface area contributed by atoms with Gasteiger partial charge in [-0.15, -0.1) is 0 Å². The van der Waals surface area contributed by atoms with Crippen LogP contribution in [0, 0.1) is 0 Å². The molecule has 3 nitrogen and oxygen atoms in total. The molecule has 4 aromatic carbocycles. The quantitative estimate of drug-likeness (QED) is 0.362. The highest BCUT2D eigenvalue weighted by molar-refractivity contribution is 6.36. The van der Waals surface area contributed by atoms with Crippen molar-refractivity contribution >= 4 is 34.5 Å². The van der Waals surface area contributed by atoms with E-state index < -0.39 is 6.09 Å². The Morgan fingerprint density at radius 3 is 2.25 bits per heavy atom. The van der Waals surface area contributed by atoms with Crippen LogP contribution >= 0.6 is 11.6 Å². The Balaban J connectivity index is 1.21. The molecule has 0 saturated heterocycles. The SMILES string of the molecule is O=C(NCC=Cc1cccc2cccc(Cl)c12)OCC1c2ccccc2-c2ccccc21. The molecular weight excluding hydrogens is 418 g/mol. The molecule has 0 saturated carbocycles. The van der Waals surface area contributed by atoms with E-state index in [1.807, 2.05) is 72.8 Å². The van der Waals surface area contributed by atoms with Gasteiger partial charge in [-0.1, -0.05) is 103 Å². The molecule has 4 heteroatoms. The first-order chi connectivity index (χ1) is 15.7. The first-order valence-corrected chi connectivity index (χ1v) is 11.0. The van der Waals surface area contributed by atoms with Crippen molar-refractivity contribution in [2.24, 2.45) is 0 Å². The van der Waals surface area contributed by atoms with Crippen LogP contribution in [-0.2, 0) is 4.74 Å². The number of alkyl carbamates (subject to hydrolysis) is 1. The summed E-state index contributed by atoms with van der Waals surface area (Å²) in [5.41, 5.74) is 5.86. The van der Waals surface area contributed by atoms with Crippen LogP contribution in [0.1, 0.15) is 22.6 Å². The van der Waals surface area contributed by atoms with E-state index in [-0.39, 0.29) is 5.92 Å².